The Morgan fingerprint density at radius 1 is 0.609 bits per heavy atom. The molecule has 0 atom stereocenters. The summed E-state index contributed by atoms with van der Waals surface area (Å²) >= 11 is 0. The van der Waals surface area contributed by atoms with Gasteiger partial charge in [-0.1, -0.05) is 48.5 Å². The number of hydrogen-bond acceptors (Lipinski definition) is 3. The molecule has 1 aromatic heterocycles. The largest absolute Gasteiger partial charge is 0.508 e. The summed E-state index contributed by atoms with van der Waals surface area (Å²) in [5, 5.41) is 17.3. The molecule has 0 aliphatic carbocycles. The van der Waals surface area contributed by atoms with Crippen molar-refractivity contribution in [2.45, 2.75) is 0 Å². The van der Waals surface area contributed by atoms with Gasteiger partial charge in [0.05, 0.1) is 17.4 Å². The molecule has 0 spiro atoms. The molecule has 0 saturated carbocycles. The molecule has 0 radical (unpaired) electrons. The van der Waals surface area contributed by atoms with Crippen LogP contribution < -0.4 is 0 Å². The second-order valence-corrected chi connectivity index (χ2v) is 4.59. The van der Waals surface area contributed by atoms with E-state index in [0.717, 1.165) is 11.0 Å². The molecule has 4 rings (SSSR count). The number of nitrogens with zero attached hydrogens (tertiary/aromatic N) is 1. The van der Waals surface area contributed by atoms with Crippen LogP contribution >= 0.6 is 0 Å². The van der Waals surface area contributed by atoms with Gasteiger partial charge in [-0.15, -0.1) is 0 Å². The molecule has 0 aliphatic heterocycles. The van der Waals surface area contributed by atoms with Gasteiger partial charge in [0.25, 0.3) is 0 Å². The first kappa shape index (κ1) is 16.1. The molecule has 4 nitrogen and oxygen atoms in total. The maximum atomic E-state index is 8.63. The van der Waals surface area contributed by atoms with Gasteiger partial charge in [0.15, 0.2) is 0 Å². The van der Waals surface area contributed by atoms with Crippen molar-refractivity contribution in [3.63, 3.8) is 0 Å². The number of phenols is 2. The van der Waals surface area contributed by atoms with E-state index in [4.69, 9.17) is 10.2 Å². The van der Waals surface area contributed by atoms with Crippen LogP contribution in [0.15, 0.2) is 91.3 Å². The summed E-state index contributed by atoms with van der Waals surface area (Å²) in [6.45, 7) is 0. The topological polar surface area (TPSA) is 69.1 Å². The molecule has 4 aromatic rings. The molecule has 3 N–H and O–H groups in total. The third-order valence-corrected chi connectivity index (χ3v) is 2.84. The van der Waals surface area contributed by atoms with Gasteiger partial charge < -0.3 is 15.2 Å². The fraction of sp³-hybridized carbons (Fsp3) is 0. The Bertz CT molecular complexity index is 731. The van der Waals surface area contributed by atoms with Crippen molar-refractivity contribution in [2.24, 2.45) is 0 Å². The van der Waals surface area contributed by atoms with Crippen LogP contribution in [-0.2, 0) is 0 Å². The van der Waals surface area contributed by atoms with E-state index < -0.39 is 0 Å². The van der Waals surface area contributed by atoms with E-state index in [2.05, 4.69) is 9.97 Å². The first-order chi connectivity index (χ1) is 11.3. The summed E-state index contributed by atoms with van der Waals surface area (Å²) in [4.78, 5) is 7.07. The fourth-order valence-corrected chi connectivity index (χ4v) is 1.74. The van der Waals surface area contributed by atoms with Crippen LogP contribution in [0.1, 0.15) is 0 Å². The van der Waals surface area contributed by atoms with Crippen molar-refractivity contribution in [3.8, 4) is 11.5 Å². The van der Waals surface area contributed by atoms with Crippen LogP contribution in [0.2, 0.25) is 0 Å². The lowest BCUT2D eigenvalue weighted by Gasteiger charge is -1.82. The highest BCUT2D eigenvalue weighted by atomic mass is 16.3. The highest BCUT2D eigenvalue weighted by Gasteiger charge is 1.88. The van der Waals surface area contributed by atoms with Gasteiger partial charge in [-0.25, -0.2) is 4.98 Å². The third kappa shape index (κ3) is 5.93. The van der Waals surface area contributed by atoms with Crippen LogP contribution in [0.5, 0.6) is 11.5 Å². The zero-order valence-corrected chi connectivity index (χ0v) is 12.5. The molecule has 4 heteroatoms. The average Bonchev–Trinajstić information content (AvgIpc) is 3.06. The standard InChI is InChI=1S/C7H6N2.2C6H6O/c1-2-4-7-6(3-1)8-5-9-7;2*7-6-4-2-1-3-5-6/h1-5H,(H,8,9);2*1-5,7H. The SMILES string of the molecule is Oc1ccccc1.Oc1ccccc1.c1ccc2[nH]cnc2c1. The summed E-state index contributed by atoms with van der Waals surface area (Å²) in [7, 11) is 0. The van der Waals surface area contributed by atoms with E-state index in [0.29, 0.717) is 11.5 Å². The number of rotatable bonds is 0. The molecule has 0 aliphatic rings. The second-order valence-electron chi connectivity index (χ2n) is 4.59. The van der Waals surface area contributed by atoms with Crippen LogP contribution in [-0.4, -0.2) is 20.2 Å². The minimum absolute atomic E-state index is 0.322. The van der Waals surface area contributed by atoms with Crippen molar-refractivity contribution in [1.29, 1.82) is 0 Å². The van der Waals surface area contributed by atoms with E-state index in [1.165, 1.54) is 0 Å². The van der Waals surface area contributed by atoms with Crippen LogP contribution in [0, 0.1) is 0 Å². The van der Waals surface area contributed by atoms with Crippen molar-refractivity contribution in [3.05, 3.63) is 91.3 Å². The Labute approximate surface area is 134 Å². The third-order valence-electron chi connectivity index (χ3n) is 2.84. The van der Waals surface area contributed by atoms with Crippen LogP contribution in [0.3, 0.4) is 0 Å². The van der Waals surface area contributed by atoms with E-state index in [1.54, 1.807) is 54.9 Å². The quantitative estimate of drug-likeness (QED) is 0.452. The number of phenolic OH excluding ortho intramolecular Hbond substituents is 2. The van der Waals surface area contributed by atoms with Gasteiger partial charge in [-0.3, -0.25) is 0 Å². The minimum Gasteiger partial charge on any atom is -0.508 e. The van der Waals surface area contributed by atoms with Gasteiger partial charge in [0.1, 0.15) is 11.5 Å². The molecular weight excluding hydrogens is 288 g/mol. The fourth-order valence-electron chi connectivity index (χ4n) is 1.74. The Kier molecular flexibility index (Phi) is 6.23. The second kappa shape index (κ2) is 8.89. The molecule has 0 fully saturated rings. The zero-order chi connectivity index (χ0) is 16.3. The molecule has 1 heterocycles. The first-order valence-electron chi connectivity index (χ1n) is 7.12. The van der Waals surface area contributed by atoms with Crippen molar-refractivity contribution >= 4 is 11.0 Å². The maximum Gasteiger partial charge on any atom is 0.115 e. The number of aromatic amines is 1. The smallest absolute Gasteiger partial charge is 0.115 e. The average molecular weight is 306 g/mol. The highest BCUT2D eigenvalue weighted by Crippen LogP contribution is 2.05. The number of aromatic nitrogens is 2. The van der Waals surface area contributed by atoms with Crippen molar-refractivity contribution in [1.82, 2.24) is 9.97 Å². The lowest BCUT2D eigenvalue weighted by molar-refractivity contribution is 0.475. The number of benzene rings is 3. The molecule has 23 heavy (non-hydrogen) atoms. The zero-order valence-electron chi connectivity index (χ0n) is 12.5. The predicted octanol–water partition coefficient (Wildman–Crippen LogP) is 4.35. The molecule has 0 bridgehead atoms. The monoisotopic (exact) mass is 306 g/mol. The van der Waals surface area contributed by atoms with Gasteiger partial charge in [0, 0.05) is 0 Å². The summed E-state index contributed by atoms with van der Waals surface area (Å²) in [6, 6.07) is 25.4. The number of para-hydroxylation sites is 4. The number of fused-ring (bicyclic) bond motifs is 1. The van der Waals surface area contributed by atoms with E-state index in [1.807, 2.05) is 36.4 Å². The van der Waals surface area contributed by atoms with Crippen LogP contribution in [0.4, 0.5) is 0 Å². The van der Waals surface area contributed by atoms with E-state index in [9.17, 15) is 0 Å². The number of imidazole rings is 1. The lowest BCUT2D eigenvalue weighted by atomic mass is 10.3. The summed E-state index contributed by atoms with van der Waals surface area (Å²) in [5.74, 6) is 0.644. The van der Waals surface area contributed by atoms with Gasteiger partial charge in [-0.05, 0) is 36.4 Å². The molecule has 0 unspecified atom stereocenters. The number of aromatic hydroxyl groups is 2. The molecular formula is C19H18N2O2. The summed E-state index contributed by atoms with van der Waals surface area (Å²) in [6.07, 6.45) is 1.70. The minimum atomic E-state index is 0.322. The Morgan fingerprint density at radius 3 is 1.52 bits per heavy atom. The molecule has 3 aromatic carbocycles. The van der Waals surface area contributed by atoms with E-state index in [-0.39, 0.29) is 0 Å². The number of H-pyrrole nitrogens is 1. The molecule has 0 amide bonds. The van der Waals surface area contributed by atoms with Gasteiger partial charge >= 0.3 is 0 Å². The number of hydrogen-bond donors (Lipinski definition) is 3. The van der Waals surface area contributed by atoms with Gasteiger partial charge in [0.2, 0.25) is 0 Å². The highest BCUT2D eigenvalue weighted by molar-refractivity contribution is 5.73. The van der Waals surface area contributed by atoms with Crippen LogP contribution in [0.25, 0.3) is 11.0 Å². The Hall–Kier alpha value is -3.27. The maximum absolute atomic E-state index is 8.63. The first-order valence-corrected chi connectivity index (χ1v) is 7.12. The predicted molar refractivity (Wildman–Crippen MR) is 92.3 cm³/mol. The Morgan fingerprint density at radius 2 is 1.09 bits per heavy atom. The normalized spacial score (nSPS) is 9.22. The number of nitrogens with one attached hydrogen (secondary N) is 1. The van der Waals surface area contributed by atoms with Crippen molar-refractivity contribution < 1.29 is 10.2 Å². The Balaban J connectivity index is 0.000000127. The summed E-state index contributed by atoms with van der Waals surface area (Å²) < 4.78 is 0. The van der Waals surface area contributed by atoms with Crippen molar-refractivity contribution in [2.75, 3.05) is 0 Å². The van der Waals surface area contributed by atoms with Gasteiger partial charge in [-0.2, -0.15) is 0 Å². The molecule has 116 valence electrons. The van der Waals surface area contributed by atoms with E-state index >= 15 is 0 Å². The lowest BCUT2D eigenvalue weighted by Crippen LogP contribution is -1.63. The summed E-state index contributed by atoms with van der Waals surface area (Å²) in [5.41, 5.74) is 2.12. The molecule has 0 saturated heterocycles.